The predicted molar refractivity (Wildman–Crippen MR) is 156 cm³/mol. The molecule has 0 unspecified atom stereocenters. The van der Waals surface area contributed by atoms with Gasteiger partial charge in [0.15, 0.2) is 5.82 Å². The van der Waals surface area contributed by atoms with Gasteiger partial charge in [-0.3, -0.25) is 4.98 Å². The van der Waals surface area contributed by atoms with Crippen LogP contribution in [0.3, 0.4) is 0 Å². The second-order valence-electron chi connectivity index (χ2n) is 10.6. The fourth-order valence-electron chi connectivity index (χ4n) is 4.82. The van der Waals surface area contributed by atoms with Crippen molar-refractivity contribution in [1.82, 2.24) is 9.97 Å². The molecule has 2 aromatic carbocycles. The van der Waals surface area contributed by atoms with Crippen LogP contribution in [0.15, 0.2) is 91.4 Å². The number of nitrogens with zero attached hydrogens (tertiary/aromatic N) is 4. The highest BCUT2D eigenvalue weighted by Crippen LogP contribution is 2.36. The molecular weight excluding hydrogens is 530 g/mol. The summed E-state index contributed by atoms with van der Waals surface area (Å²) in [7, 11) is 2.02. The van der Waals surface area contributed by atoms with Crippen LogP contribution in [-0.4, -0.2) is 30.1 Å². The first-order valence-electron chi connectivity index (χ1n) is 13.3. The van der Waals surface area contributed by atoms with Crippen LogP contribution in [0, 0.1) is 0 Å². The highest BCUT2D eigenvalue weighted by atomic mass is 19.4. The third kappa shape index (κ3) is 6.19. The normalized spacial score (nSPS) is 13.9. The molecule has 0 amide bonds. The van der Waals surface area contributed by atoms with E-state index < -0.39 is 17.4 Å². The van der Waals surface area contributed by atoms with E-state index >= 15 is 0 Å². The van der Waals surface area contributed by atoms with Crippen molar-refractivity contribution in [2.75, 3.05) is 35.3 Å². The molecule has 9 heteroatoms. The lowest BCUT2D eigenvalue weighted by molar-refractivity contribution is -0.137. The van der Waals surface area contributed by atoms with E-state index in [1.54, 1.807) is 12.1 Å². The Bertz CT molecular complexity index is 1560. The van der Waals surface area contributed by atoms with E-state index in [4.69, 9.17) is 4.98 Å². The Labute approximate surface area is 237 Å². The van der Waals surface area contributed by atoms with Crippen molar-refractivity contribution >= 4 is 17.2 Å². The number of rotatable bonds is 6. The van der Waals surface area contributed by atoms with Crippen molar-refractivity contribution in [2.24, 2.45) is 0 Å². The molecule has 0 atom stereocenters. The molecule has 4 aromatic rings. The summed E-state index contributed by atoms with van der Waals surface area (Å²) in [5, 5.41) is 3.34. The maximum Gasteiger partial charge on any atom is 0.417 e. The first-order chi connectivity index (χ1) is 19.4. The quantitative estimate of drug-likeness (QED) is 0.240. The summed E-state index contributed by atoms with van der Waals surface area (Å²) in [6.07, 6.45) is -2.73. The molecule has 1 aliphatic rings. The number of hydrogen-bond donors (Lipinski definition) is 1. The summed E-state index contributed by atoms with van der Waals surface area (Å²) in [5.41, 5.74) is 2.60. The van der Waals surface area contributed by atoms with Crippen LogP contribution in [0.2, 0.25) is 0 Å². The third-order valence-electron chi connectivity index (χ3n) is 7.11. The largest absolute Gasteiger partial charge is 0.417 e. The first kappa shape index (κ1) is 28.1. The Balaban J connectivity index is 1.43. The van der Waals surface area contributed by atoms with E-state index in [0.717, 1.165) is 48.0 Å². The van der Waals surface area contributed by atoms with Gasteiger partial charge in [-0.2, -0.15) is 13.2 Å². The Morgan fingerprint density at radius 2 is 1.56 bits per heavy atom. The minimum atomic E-state index is -4.44. The van der Waals surface area contributed by atoms with Crippen molar-refractivity contribution in [3.63, 3.8) is 0 Å². The molecule has 0 saturated heterocycles. The molecular formula is C32H31F4N5. The van der Waals surface area contributed by atoms with Gasteiger partial charge in [0, 0.05) is 43.1 Å². The van der Waals surface area contributed by atoms with E-state index in [0.29, 0.717) is 34.9 Å². The van der Waals surface area contributed by atoms with Crippen LogP contribution >= 0.6 is 0 Å². The molecule has 5 nitrogen and oxygen atoms in total. The molecule has 0 bridgehead atoms. The summed E-state index contributed by atoms with van der Waals surface area (Å²) < 4.78 is 53.6. The molecule has 5 rings (SSSR count). The Morgan fingerprint density at radius 1 is 0.854 bits per heavy atom. The lowest BCUT2D eigenvalue weighted by Crippen LogP contribution is -2.28. The van der Waals surface area contributed by atoms with Crippen LogP contribution in [0.5, 0.6) is 0 Å². The molecule has 1 N–H and O–H groups in total. The van der Waals surface area contributed by atoms with Crippen molar-refractivity contribution in [1.29, 1.82) is 0 Å². The maximum atomic E-state index is 14.7. The highest BCUT2D eigenvalue weighted by molar-refractivity contribution is 5.76. The van der Waals surface area contributed by atoms with Gasteiger partial charge in [0.1, 0.15) is 11.5 Å². The van der Waals surface area contributed by atoms with Crippen LogP contribution in [-0.2, 0) is 11.8 Å². The van der Waals surface area contributed by atoms with Crippen LogP contribution in [0.25, 0.3) is 22.5 Å². The average molecular weight is 562 g/mol. The number of alkyl halides is 4. The molecule has 3 heterocycles. The van der Waals surface area contributed by atoms with Gasteiger partial charge in [0.05, 0.1) is 22.6 Å². The van der Waals surface area contributed by atoms with Crippen molar-refractivity contribution in [3.05, 3.63) is 103 Å². The summed E-state index contributed by atoms with van der Waals surface area (Å²) in [6, 6.07) is 21.0. The number of anilines is 3. The van der Waals surface area contributed by atoms with E-state index in [1.807, 2.05) is 60.5 Å². The Morgan fingerprint density at radius 3 is 2.24 bits per heavy atom. The van der Waals surface area contributed by atoms with Gasteiger partial charge in [0.2, 0.25) is 0 Å². The zero-order chi connectivity index (χ0) is 29.4. The van der Waals surface area contributed by atoms with E-state index in [9.17, 15) is 17.6 Å². The Hall–Kier alpha value is -4.40. The molecule has 2 aromatic heterocycles. The molecule has 41 heavy (non-hydrogen) atoms. The number of pyridine rings is 2. The molecule has 0 radical (unpaired) electrons. The summed E-state index contributed by atoms with van der Waals surface area (Å²) in [4.78, 5) is 13.2. The van der Waals surface area contributed by atoms with E-state index in [2.05, 4.69) is 21.8 Å². The van der Waals surface area contributed by atoms with Crippen molar-refractivity contribution in [2.45, 2.75) is 32.1 Å². The molecule has 0 spiro atoms. The smallest absolute Gasteiger partial charge is 0.372 e. The third-order valence-corrected chi connectivity index (χ3v) is 7.11. The predicted octanol–water partition coefficient (Wildman–Crippen LogP) is 8.26. The van der Waals surface area contributed by atoms with Gasteiger partial charge in [0.25, 0.3) is 0 Å². The summed E-state index contributed by atoms with van der Waals surface area (Å²) in [5.74, 6) is 1.33. The monoisotopic (exact) mass is 561 g/mol. The SMILES string of the molecule is C=C(Nc1cccc(-c2ccc(C(F)(F)F)cn2)c1)N1CCCN(C)c2ccc(-c3cccc(C(C)(C)F)c3)nc21. The fraction of sp³-hybridized carbons (Fsp3) is 0.250. The molecule has 212 valence electrons. The van der Waals surface area contributed by atoms with E-state index in [-0.39, 0.29) is 0 Å². The van der Waals surface area contributed by atoms with Crippen molar-refractivity contribution in [3.8, 4) is 22.5 Å². The molecule has 1 aliphatic heterocycles. The maximum absolute atomic E-state index is 14.7. The second kappa shape index (κ2) is 10.9. The number of aromatic nitrogens is 2. The summed E-state index contributed by atoms with van der Waals surface area (Å²) >= 11 is 0. The van der Waals surface area contributed by atoms with Gasteiger partial charge in [-0.25, -0.2) is 9.37 Å². The van der Waals surface area contributed by atoms with Gasteiger partial charge >= 0.3 is 6.18 Å². The number of halogens is 4. The highest BCUT2D eigenvalue weighted by Gasteiger charge is 2.30. The van der Waals surface area contributed by atoms with Gasteiger partial charge in [-0.1, -0.05) is 36.9 Å². The zero-order valence-corrected chi connectivity index (χ0v) is 23.1. The second-order valence-corrected chi connectivity index (χ2v) is 10.6. The average Bonchev–Trinajstić information content (AvgIpc) is 3.10. The summed E-state index contributed by atoms with van der Waals surface area (Å²) in [6.45, 7) is 8.86. The van der Waals surface area contributed by atoms with Gasteiger partial charge in [-0.15, -0.1) is 0 Å². The molecule has 0 fully saturated rings. The molecule has 0 saturated carbocycles. The molecule has 0 aliphatic carbocycles. The van der Waals surface area contributed by atoms with Crippen molar-refractivity contribution < 1.29 is 17.6 Å². The first-order valence-corrected chi connectivity index (χ1v) is 13.3. The lowest BCUT2D eigenvalue weighted by atomic mass is 9.97. The van der Waals surface area contributed by atoms with Crippen LogP contribution in [0.1, 0.15) is 31.4 Å². The number of fused-ring (bicyclic) bond motifs is 1. The zero-order valence-electron chi connectivity index (χ0n) is 23.1. The van der Waals surface area contributed by atoms with Gasteiger partial charge < -0.3 is 15.1 Å². The van der Waals surface area contributed by atoms with E-state index in [1.165, 1.54) is 19.9 Å². The minimum absolute atomic E-state index is 0.430. The number of hydrogen-bond acceptors (Lipinski definition) is 5. The minimum Gasteiger partial charge on any atom is -0.372 e. The standard InChI is InChI=1S/C32H31F4N5/c1-21(38-26-11-6-9-23(19-26)27-13-12-25(20-37-27)32(34,35)36)41-17-7-16-40(4)29-15-14-28(39-30(29)41)22-8-5-10-24(18-22)31(2,3)33/h5-6,8-15,18-20,38H,1,7,16-17H2,2-4H3. The van der Waals surface area contributed by atoms with Crippen LogP contribution in [0.4, 0.5) is 34.8 Å². The van der Waals surface area contributed by atoms with Gasteiger partial charge in [-0.05, 0) is 68.3 Å². The fourth-order valence-corrected chi connectivity index (χ4v) is 4.82. The number of benzene rings is 2. The topological polar surface area (TPSA) is 44.3 Å². The van der Waals surface area contributed by atoms with Crippen LogP contribution < -0.4 is 15.1 Å². The number of nitrogens with one attached hydrogen (secondary N) is 1. The lowest BCUT2D eigenvalue weighted by Gasteiger charge is -2.28. The Kier molecular flexibility index (Phi) is 7.46.